The van der Waals surface area contributed by atoms with Gasteiger partial charge in [-0.15, -0.1) is 0 Å². The molecule has 4 aromatic carbocycles. The second-order valence-corrected chi connectivity index (χ2v) is 5.78. The van der Waals surface area contributed by atoms with Gasteiger partial charge in [-0.2, -0.15) is 0 Å². The third kappa shape index (κ3) is 1.74. The van der Waals surface area contributed by atoms with Gasteiger partial charge in [0.2, 0.25) is 0 Å². The van der Waals surface area contributed by atoms with Crippen LogP contribution in [0.25, 0.3) is 38.3 Å². The van der Waals surface area contributed by atoms with E-state index in [0.717, 1.165) is 0 Å². The highest BCUT2D eigenvalue weighted by Gasteiger charge is 2.13. The topological polar surface area (TPSA) is 4.93 Å². The lowest BCUT2D eigenvalue weighted by Gasteiger charge is -2.09. The summed E-state index contributed by atoms with van der Waals surface area (Å²) in [4.78, 5) is 0. The van der Waals surface area contributed by atoms with Crippen LogP contribution in [0, 0.1) is 6.07 Å². The van der Waals surface area contributed by atoms with Gasteiger partial charge in [-0.25, -0.2) is 0 Å². The molecule has 0 aliphatic rings. The van der Waals surface area contributed by atoms with E-state index in [1.807, 2.05) is 12.1 Å². The summed E-state index contributed by atoms with van der Waals surface area (Å²) in [7, 11) is 0. The summed E-state index contributed by atoms with van der Waals surface area (Å²) in [5.41, 5.74) is 3.65. The van der Waals surface area contributed by atoms with E-state index in [-0.39, 0.29) is 0 Å². The van der Waals surface area contributed by atoms with E-state index in [2.05, 4.69) is 83.4 Å². The van der Waals surface area contributed by atoms with E-state index < -0.39 is 0 Å². The molecule has 0 aliphatic carbocycles. The molecule has 0 aliphatic heterocycles. The van der Waals surface area contributed by atoms with E-state index >= 15 is 0 Å². The summed E-state index contributed by atoms with van der Waals surface area (Å²) >= 11 is 0. The number of para-hydroxylation sites is 2. The van der Waals surface area contributed by atoms with Crippen molar-refractivity contribution in [3.05, 3.63) is 91.0 Å². The molecule has 5 rings (SSSR count). The third-order valence-electron chi connectivity index (χ3n) is 4.48. The van der Waals surface area contributed by atoms with Crippen molar-refractivity contribution in [3.8, 4) is 5.69 Å². The molecule has 5 aromatic rings. The molecule has 0 amide bonds. The lowest BCUT2D eigenvalue weighted by Crippen LogP contribution is -1.93. The molecule has 1 heteroatoms. The minimum atomic E-state index is 1.17. The number of hydrogen-bond acceptors (Lipinski definition) is 0. The Balaban J connectivity index is 2.10. The highest BCUT2D eigenvalue weighted by atomic mass is 15.0. The Kier molecular flexibility index (Phi) is 2.56. The minimum Gasteiger partial charge on any atom is -0.309 e. The van der Waals surface area contributed by atoms with Crippen molar-refractivity contribution >= 4 is 32.6 Å². The Morgan fingerprint density at radius 1 is 0.652 bits per heavy atom. The number of benzene rings is 4. The van der Waals surface area contributed by atoms with Crippen LogP contribution in [0.1, 0.15) is 0 Å². The lowest BCUT2D eigenvalue weighted by molar-refractivity contribution is 1.19. The Hall–Kier alpha value is -3.06. The van der Waals surface area contributed by atoms with Gasteiger partial charge in [0.15, 0.2) is 0 Å². The van der Waals surface area contributed by atoms with Gasteiger partial charge >= 0.3 is 0 Å². The first-order valence-electron chi connectivity index (χ1n) is 7.81. The van der Waals surface area contributed by atoms with Gasteiger partial charge in [0, 0.05) is 21.8 Å². The van der Waals surface area contributed by atoms with Crippen LogP contribution in [0.15, 0.2) is 84.9 Å². The minimum absolute atomic E-state index is 1.17. The van der Waals surface area contributed by atoms with Crippen molar-refractivity contribution in [2.75, 3.05) is 0 Å². The van der Waals surface area contributed by atoms with Crippen LogP contribution >= 0.6 is 0 Å². The molecule has 23 heavy (non-hydrogen) atoms. The highest BCUT2D eigenvalue weighted by molar-refractivity contribution is 6.18. The van der Waals surface area contributed by atoms with Crippen molar-refractivity contribution in [3.63, 3.8) is 0 Å². The normalized spacial score (nSPS) is 11.5. The van der Waals surface area contributed by atoms with Crippen molar-refractivity contribution in [1.29, 1.82) is 0 Å². The summed E-state index contributed by atoms with van der Waals surface area (Å²) in [6, 6.07) is 33.2. The molecule has 107 valence electrons. The fraction of sp³-hybridized carbons (Fsp3) is 0. The van der Waals surface area contributed by atoms with E-state index in [1.165, 1.54) is 38.3 Å². The predicted octanol–water partition coefficient (Wildman–Crippen LogP) is 5.74. The maximum absolute atomic E-state index is 3.44. The quantitative estimate of drug-likeness (QED) is 0.371. The number of aromatic nitrogens is 1. The monoisotopic (exact) mass is 292 g/mol. The largest absolute Gasteiger partial charge is 0.309 e. The molecule has 0 N–H and O–H groups in total. The van der Waals surface area contributed by atoms with Gasteiger partial charge in [0.1, 0.15) is 0 Å². The zero-order valence-electron chi connectivity index (χ0n) is 12.5. The summed E-state index contributed by atoms with van der Waals surface area (Å²) < 4.78 is 2.35. The molecule has 1 radical (unpaired) electrons. The molecule has 0 bridgehead atoms. The predicted molar refractivity (Wildman–Crippen MR) is 97.1 cm³/mol. The van der Waals surface area contributed by atoms with E-state index in [9.17, 15) is 0 Å². The first-order chi connectivity index (χ1) is 11.4. The Bertz CT molecular complexity index is 1150. The molecule has 1 aromatic heterocycles. The van der Waals surface area contributed by atoms with Crippen LogP contribution in [0.4, 0.5) is 0 Å². The van der Waals surface area contributed by atoms with Crippen LogP contribution in [0.3, 0.4) is 0 Å². The van der Waals surface area contributed by atoms with E-state index in [0.29, 0.717) is 0 Å². The van der Waals surface area contributed by atoms with Gasteiger partial charge in [-0.1, -0.05) is 66.7 Å². The molecule has 1 heterocycles. The smallest absolute Gasteiger partial charge is 0.0625 e. The molecular weight excluding hydrogens is 278 g/mol. The lowest BCUT2D eigenvalue weighted by atomic mass is 10.1. The van der Waals surface area contributed by atoms with Crippen LogP contribution in [-0.4, -0.2) is 4.57 Å². The van der Waals surface area contributed by atoms with Crippen molar-refractivity contribution in [2.45, 2.75) is 0 Å². The van der Waals surface area contributed by atoms with E-state index in [4.69, 9.17) is 0 Å². The van der Waals surface area contributed by atoms with Gasteiger partial charge in [-0.3, -0.25) is 0 Å². The number of nitrogens with zero attached hydrogens (tertiary/aromatic N) is 1. The molecule has 0 fully saturated rings. The molecule has 0 atom stereocenters. The number of fused-ring (bicyclic) bond motifs is 5. The molecule has 0 unspecified atom stereocenters. The number of rotatable bonds is 1. The fourth-order valence-corrected chi connectivity index (χ4v) is 3.49. The Labute approximate surface area is 134 Å². The summed E-state index contributed by atoms with van der Waals surface area (Å²) in [5, 5.41) is 4.95. The molecule has 0 spiro atoms. The van der Waals surface area contributed by atoms with Crippen molar-refractivity contribution in [2.24, 2.45) is 0 Å². The highest BCUT2D eigenvalue weighted by Crippen LogP contribution is 2.35. The fourth-order valence-electron chi connectivity index (χ4n) is 3.49. The first-order valence-corrected chi connectivity index (χ1v) is 7.81. The summed E-state index contributed by atoms with van der Waals surface area (Å²) in [6.07, 6.45) is 0. The molecule has 0 saturated carbocycles. The van der Waals surface area contributed by atoms with Gasteiger partial charge < -0.3 is 4.57 Å². The zero-order valence-corrected chi connectivity index (χ0v) is 12.5. The molecular formula is C22H14N. The maximum Gasteiger partial charge on any atom is 0.0625 e. The maximum atomic E-state index is 3.44. The average molecular weight is 292 g/mol. The van der Waals surface area contributed by atoms with Gasteiger partial charge in [-0.05, 0) is 29.7 Å². The SMILES string of the molecule is [c]1cccc2ccc3c4ccccc4n(-c4ccccc4)c3c12. The molecule has 0 saturated heterocycles. The van der Waals surface area contributed by atoms with E-state index in [1.54, 1.807) is 0 Å². The summed E-state index contributed by atoms with van der Waals surface area (Å²) in [6.45, 7) is 0. The standard InChI is InChI=1S/C22H14N/c1-2-9-17(10-3-1)23-21-13-7-6-12-19(21)20-15-14-16-8-4-5-11-18(16)22(20)23/h1-10,12-15H. The number of hydrogen-bond donors (Lipinski definition) is 0. The van der Waals surface area contributed by atoms with Crippen LogP contribution < -0.4 is 0 Å². The van der Waals surface area contributed by atoms with Crippen LogP contribution in [0.5, 0.6) is 0 Å². The average Bonchev–Trinajstić information content (AvgIpc) is 2.97. The molecule has 1 nitrogen and oxygen atoms in total. The Morgan fingerprint density at radius 3 is 2.39 bits per heavy atom. The van der Waals surface area contributed by atoms with Crippen molar-refractivity contribution in [1.82, 2.24) is 4.57 Å². The van der Waals surface area contributed by atoms with Crippen LogP contribution in [0.2, 0.25) is 0 Å². The van der Waals surface area contributed by atoms with Gasteiger partial charge in [0.25, 0.3) is 0 Å². The second-order valence-electron chi connectivity index (χ2n) is 5.78. The van der Waals surface area contributed by atoms with Crippen LogP contribution in [-0.2, 0) is 0 Å². The summed E-state index contributed by atoms with van der Waals surface area (Å²) in [5.74, 6) is 0. The Morgan fingerprint density at radius 2 is 1.48 bits per heavy atom. The first kappa shape index (κ1) is 12.5. The van der Waals surface area contributed by atoms with Gasteiger partial charge in [0.05, 0.1) is 11.0 Å². The third-order valence-corrected chi connectivity index (χ3v) is 4.48. The van der Waals surface area contributed by atoms with Crippen molar-refractivity contribution < 1.29 is 0 Å². The second kappa shape index (κ2) is 4.72. The zero-order chi connectivity index (χ0) is 15.2.